The first kappa shape index (κ1) is 12.8. The van der Waals surface area contributed by atoms with Gasteiger partial charge in [-0.15, -0.1) is 0 Å². The lowest BCUT2D eigenvalue weighted by atomic mass is 9.79. The van der Waals surface area contributed by atoms with Crippen LogP contribution >= 0.6 is 8.46 Å². The molecule has 1 aromatic carbocycles. The molecule has 0 aliphatic carbocycles. The third kappa shape index (κ3) is 2.30. The molecule has 1 aliphatic heterocycles. The minimum absolute atomic E-state index is 0.0169. The molecule has 0 atom stereocenters. The molecule has 1 fully saturated rings. The lowest BCUT2D eigenvalue weighted by Gasteiger charge is -2.32. The lowest BCUT2D eigenvalue weighted by molar-refractivity contribution is 0.00578. The summed E-state index contributed by atoms with van der Waals surface area (Å²) in [4.78, 5) is 0. The normalized spacial score (nSPS) is 22.0. The average Bonchev–Trinajstić information content (AvgIpc) is 2.48. The number of hydrogen-bond acceptors (Lipinski definition) is 3. The van der Waals surface area contributed by atoms with Crippen LogP contribution in [0.3, 0.4) is 0 Å². The Balaban J connectivity index is 2.28. The Hall–Kier alpha value is -0.695. The third-order valence-electron chi connectivity index (χ3n) is 3.50. The summed E-state index contributed by atoms with van der Waals surface area (Å²) in [6, 6.07) is 7.44. The van der Waals surface area contributed by atoms with Gasteiger partial charge in [-0.2, -0.15) is 0 Å². The van der Waals surface area contributed by atoms with Crippen molar-refractivity contribution in [1.82, 2.24) is 0 Å². The Kier molecular flexibility index (Phi) is 3.15. The van der Waals surface area contributed by atoms with Crippen molar-refractivity contribution in [3.8, 4) is 0 Å². The monoisotopic (exact) mass is 250 g/mol. The minimum atomic E-state index is -0.387. The second-order valence-corrected chi connectivity index (χ2v) is 5.97. The molecule has 90 valence electrons. The van der Waals surface area contributed by atoms with Crippen LogP contribution in [0.15, 0.2) is 24.3 Å². The van der Waals surface area contributed by atoms with Gasteiger partial charge < -0.3 is 9.31 Å². The summed E-state index contributed by atoms with van der Waals surface area (Å²) in [5.41, 5.74) is 0.218. The molecule has 2 rings (SSSR count). The van der Waals surface area contributed by atoms with E-state index in [2.05, 4.69) is 0 Å². The molecule has 0 bridgehead atoms. The van der Waals surface area contributed by atoms with Crippen molar-refractivity contribution >= 4 is 26.3 Å². The van der Waals surface area contributed by atoms with Crippen LogP contribution in [0.1, 0.15) is 27.7 Å². The van der Waals surface area contributed by atoms with E-state index in [1.54, 1.807) is 0 Å². The van der Waals surface area contributed by atoms with Crippen molar-refractivity contribution in [2.45, 2.75) is 38.9 Å². The van der Waals surface area contributed by atoms with E-state index < -0.39 is 0 Å². The fraction of sp³-hybridized carbons (Fsp3) is 0.500. The first-order valence-corrected chi connectivity index (χ1v) is 6.46. The molecule has 1 aromatic rings. The van der Waals surface area contributed by atoms with Crippen LogP contribution in [0, 0.1) is 0 Å². The van der Waals surface area contributed by atoms with Gasteiger partial charge in [-0.1, -0.05) is 12.1 Å². The summed E-state index contributed by atoms with van der Waals surface area (Å²) in [6.07, 6.45) is 0. The van der Waals surface area contributed by atoms with E-state index in [4.69, 9.17) is 9.31 Å². The predicted molar refractivity (Wildman–Crippen MR) is 69.4 cm³/mol. The summed E-state index contributed by atoms with van der Waals surface area (Å²) >= 11 is 0. The maximum absolute atomic E-state index is 10.8. The van der Waals surface area contributed by atoms with Crippen molar-refractivity contribution in [1.29, 1.82) is 0 Å². The van der Waals surface area contributed by atoms with Gasteiger partial charge in [0.05, 0.1) is 11.2 Å². The zero-order chi connectivity index (χ0) is 12.7. The highest BCUT2D eigenvalue weighted by Gasteiger charge is 2.51. The van der Waals surface area contributed by atoms with E-state index in [0.717, 1.165) is 10.8 Å². The molecule has 0 aromatic heterocycles. The van der Waals surface area contributed by atoms with Gasteiger partial charge in [0.1, 0.15) is 0 Å². The van der Waals surface area contributed by atoms with Gasteiger partial charge in [0.25, 0.3) is 0 Å². The molecule has 0 radical (unpaired) electrons. The maximum atomic E-state index is 10.8. The fourth-order valence-electron chi connectivity index (χ4n) is 1.71. The largest absolute Gasteiger partial charge is 0.494 e. The van der Waals surface area contributed by atoms with E-state index in [0.29, 0.717) is 0 Å². The smallest absolute Gasteiger partial charge is 0.399 e. The molecule has 0 spiro atoms. The van der Waals surface area contributed by atoms with Crippen LogP contribution in [0.5, 0.6) is 0 Å². The molecule has 17 heavy (non-hydrogen) atoms. The van der Waals surface area contributed by atoms with Gasteiger partial charge in [-0.25, -0.2) is 0 Å². The zero-order valence-corrected chi connectivity index (χ0v) is 11.5. The van der Waals surface area contributed by atoms with E-state index >= 15 is 0 Å². The van der Waals surface area contributed by atoms with Gasteiger partial charge in [0.15, 0.2) is 8.46 Å². The summed E-state index contributed by atoms with van der Waals surface area (Å²) < 4.78 is 22.7. The summed E-state index contributed by atoms with van der Waals surface area (Å²) in [7, 11) is -0.370. The van der Waals surface area contributed by atoms with Crippen LogP contribution < -0.4 is 10.8 Å². The van der Waals surface area contributed by atoms with Crippen LogP contribution in [-0.2, 0) is 13.9 Å². The highest BCUT2D eigenvalue weighted by atomic mass is 31.1. The number of rotatable bonds is 2. The standard InChI is InChI=1S/C12H16BO3P/c1-11(2)12(3,4)16-13(15-11)9-6-5-7-10(8-9)17-14/h5-8H,1-4H3. The molecule has 1 saturated heterocycles. The van der Waals surface area contributed by atoms with Crippen molar-refractivity contribution < 1.29 is 13.9 Å². The highest BCUT2D eigenvalue weighted by molar-refractivity contribution is 7.34. The van der Waals surface area contributed by atoms with Gasteiger partial charge >= 0.3 is 7.12 Å². The van der Waals surface area contributed by atoms with Crippen molar-refractivity contribution in [3.05, 3.63) is 24.3 Å². The lowest BCUT2D eigenvalue weighted by Crippen LogP contribution is -2.41. The molecule has 1 aliphatic rings. The molecule has 0 saturated carbocycles. The van der Waals surface area contributed by atoms with Gasteiger partial charge in [-0.3, -0.25) is 4.57 Å². The maximum Gasteiger partial charge on any atom is 0.494 e. The minimum Gasteiger partial charge on any atom is -0.399 e. The summed E-state index contributed by atoms with van der Waals surface area (Å²) in [5, 5.41) is 0.734. The molecule has 5 heteroatoms. The Labute approximate surface area is 104 Å². The second kappa shape index (κ2) is 4.20. The Morgan fingerprint density at radius 3 is 2.24 bits per heavy atom. The fourth-order valence-corrected chi connectivity index (χ4v) is 2.06. The van der Waals surface area contributed by atoms with E-state index in [9.17, 15) is 4.57 Å². The van der Waals surface area contributed by atoms with Crippen molar-refractivity contribution in [2.75, 3.05) is 0 Å². The summed E-state index contributed by atoms with van der Waals surface area (Å²) in [6.45, 7) is 8.07. The highest BCUT2D eigenvalue weighted by Crippen LogP contribution is 2.36. The molecular weight excluding hydrogens is 234 g/mol. The second-order valence-electron chi connectivity index (χ2n) is 5.27. The first-order chi connectivity index (χ1) is 7.86. The van der Waals surface area contributed by atoms with Crippen molar-refractivity contribution in [3.63, 3.8) is 0 Å². The first-order valence-electron chi connectivity index (χ1n) is 5.65. The molecule has 0 amide bonds. The van der Waals surface area contributed by atoms with Gasteiger partial charge in [0, 0.05) is 5.30 Å². The zero-order valence-electron chi connectivity index (χ0n) is 10.6. The summed E-state index contributed by atoms with van der Waals surface area (Å²) in [5.74, 6) is 0. The molecule has 0 N–H and O–H groups in total. The van der Waals surface area contributed by atoms with E-state index in [1.165, 1.54) is 0 Å². The number of hydrogen-bond donors (Lipinski definition) is 0. The van der Waals surface area contributed by atoms with Crippen LogP contribution in [0.4, 0.5) is 0 Å². The SMILES string of the molecule is CC1(C)OB(c2cccc(P=O)c2)OC1(C)C. The third-order valence-corrected chi connectivity index (χ3v) is 3.99. The number of benzene rings is 1. The van der Waals surface area contributed by atoms with Gasteiger partial charge in [0.2, 0.25) is 0 Å². The van der Waals surface area contributed by atoms with Gasteiger partial charge in [-0.05, 0) is 45.3 Å². The molecule has 3 nitrogen and oxygen atoms in total. The molecular formula is C12H16BO3P. The van der Waals surface area contributed by atoms with Crippen LogP contribution in [0.25, 0.3) is 0 Å². The predicted octanol–water partition coefficient (Wildman–Crippen LogP) is 1.90. The van der Waals surface area contributed by atoms with Crippen LogP contribution in [0.2, 0.25) is 0 Å². The van der Waals surface area contributed by atoms with E-state index in [-0.39, 0.29) is 26.8 Å². The molecule has 1 heterocycles. The Bertz CT molecular complexity index is 429. The van der Waals surface area contributed by atoms with E-state index in [1.807, 2.05) is 52.0 Å². The van der Waals surface area contributed by atoms with Crippen LogP contribution in [-0.4, -0.2) is 18.3 Å². The average molecular weight is 250 g/mol. The Morgan fingerprint density at radius 2 is 1.71 bits per heavy atom. The Morgan fingerprint density at radius 1 is 1.12 bits per heavy atom. The molecule has 0 unspecified atom stereocenters. The quantitative estimate of drug-likeness (QED) is 0.594. The van der Waals surface area contributed by atoms with Crippen molar-refractivity contribution in [2.24, 2.45) is 0 Å². The topological polar surface area (TPSA) is 35.5 Å².